The van der Waals surface area contributed by atoms with E-state index in [-0.39, 0.29) is 5.82 Å². The van der Waals surface area contributed by atoms with Gasteiger partial charge in [-0.05, 0) is 48.6 Å². The Morgan fingerprint density at radius 2 is 2.00 bits per heavy atom. The first-order valence-electron chi connectivity index (χ1n) is 4.99. The van der Waals surface area contributed by atoms with Gasteiger partial charge in [-0.25, -0.2) is 4.39 Å². The van der Waals surface area contributed by atoms with Gasteiger partial charge in [0, 0.05) is 0 Å². The summed E-state index contributed by atoms with van der Waals surface area (Å²) in [5.74, 6) is 0.270. The zero-order valence-electron chi connectivity index (χ0n) is 9.26. The van der Waals surface area contributed by atoms with Crippen LogP contribution in [0.3, 0.4) is 0 Å². The number of benzene rings is 1. The van der Waals surface area contributed by atoms with E-state index in [1.807, 2.05) is 19.9 Å². The number of aryl methyl sites for hydroxylation is 1. The Hall–Kier alpha value is -1.11. The van der Waals surface area contributed by atoms with Gasteiger partial charge >= 0.3 is 0 Å². The molecule has 0 aliphatic heterocycles. The van der Waals surface area contributed by atoms with Gasteiger partial charge in [-0.2, -0.15) is 0 Å². The van der Waals surface area contributed by atoms with Crippen LogP contribution in [0.1, 0.15) is 31.9 Å². The Bertz CT molecular complexity index is 348. The molecule has 1 rings (SSSR count). The van der Waals surface area contributed by atoms with Crippen molar-refractivity contribution in [2.45, 2.75) is 27.7 Å². The van der Waals surface area contributed by atoms with Crippen LogP contribution in [0, 0.1) is 18.7 Å². The monoisotopic (exact) mass is 192 g/mol. The molecule has 0 N–H and O–H groups in total. The SMILES string of the molecule is C/C=C(\c1cc(F)ccc1C)C(C)C. The van der Waals surface area contributed by atoms with E-state index in [1.54, 1.807) is 6.07 Å². The van der Waals surface area contributed by atoms with E-state index in [0.29, 0.717) is 5.92 Å². The molecule has 0 aliphatic carbocycles. The van der Waals surface area contributed by atoms with Gasteiger partial charge in [-0.3, -0.25) is 0 Å². The molecule has 0 nitrogen and oxygen atoms in total. The third-order valence-electron chi connectivity index (χ3n) is 2.44. The molecule has 0 fully saturated rings. The third kappa shape index (κ3) is 2.22. The van der Waals surface area contributed by atoms with Crippen LogP contribution in [-0.4, -0.2) is 0 Å². The van der Waals surface area contributed by atoms with Crippen molar-refractivity contribution in [1.29, 1.82) is 0 Å². The maximum Gasteiger partial charge on any atom is 0.123 e. The number of halogens is 1. The Labute approximate surface area is 85.5 Å². The average molecular weight is 192 g/mol. The fourth-order valence-corrected chi connectivity index (χ4v) is 1.71. The summed E-state index contributed by atoms with van der Waals surface area (Å²) in [6.45, 7) is 8.26. The highest BCUT2D eigenvalue weighted by atomic mass is 19.1. The lowest BCUT2D eigenvalue weighted by Crippen LogP contribution is -1.96. The van der Waals surface area contributed by atoms with Gasteiger partial charge in [0.2, 0.25) is 0 Å². The van der Waals surface area contributed by atoms with Gasteiger partial charge in [0.25, 0.3) is 0 Å². The zero-order valence-corrected chi connectivity index (χ0v) is 9.26. The lowest BCUT2D eigenvalue weighted by Gasteiger charge is -2.13. The number of hydrogen-bond donors (Lipinski definition) is 0. The summed E-state index contributed by atoms with van der Waals surface area (Å²) in [5, 5.41) is 0. The zero-order chi connectivity index (χ0) is 10.7. The second-order valence-electron chi connectivity index (χ2n) is 3.86. The Kier molecular flexibility index (Phi) is 3.45. The minimum absolute atomic E-state index is 0.161. The lowest BCUT2D eigenvalue weighted by molar-refractivity contribution is 0.626. The normalized spacial score (nSPS) is 12.3. The predicted octanol–water partition coefficient (Wildman–Crippen LogP) is 4.19. The van der Waals surface area contributed by atoms with Crippen molar-refractivity contribution in [3.05, 3.63) is 41.2 Å². The maximum atomic E-state index is 13.1. The van der Waals surface area contributed by atoms with E-state index in [4.69, 9.17) is 0 Å². The molecule has 76 valence electrons. The van der Waals surface area contributed by atoms with Crippen LogP contribution in [0.25, 0.3) is 5.57 Å². The maximum absolute atomic E-state index is 13.1. The lowest BCUT2D eigenvalue weighted by atomic mass is 9.92. The molecule has 0 amide bonds. The summed E-state index contributed by atoms with van der Waals surface area (Å²) in [6, 6.07) is 4.95. The summed E-state index contributed by atoms with van der Waals surface area (Å²) < 4.78 is 13.1. The fourth-order valence-electron chi connectivity index (χ4n) is 1.71. The first-order valence-corrected chi connectivity index (χ1v) is 4.99. The van der Waals surface area contributed by atoms with Gasteiger partial charge < -0.3 is 0 Å². The molecule has 0 atom stereocenters. The van der Waals surface area contributed by atoms with Crippen LogP contribution in [0.5, 0.6) is 0 Å². The topological polar surface area (TPSA) is 0 Å². The molecule has 0 bridgehead atoms. The molecule has 0 aliphatic rings. The molecule has 1 heteroatoms. The molecule has 0 radical (unpaired) electrons. The minimum atomic E-state index is -0.161. The van der Waals surface area contributed by atoms with Crippen LogP contribution in [0.2, 0.25) is 0 Å². The van der Waals surface area contributed by atoms with E-state index in [1.165, 1.54) is 11.6 Å². The van der Waals surface area contributed by atoms with E-state index in [2.05, 4.69) is 19.9 Å². The summed E-state index contributed by atoms with van der Waals surface area (Å²) in [4.78, 5) is 0. The third-order valence-corrected chi connectivity index (χ3v) is 2.44. The first-order chi connectivity index (χ1) is 6.56. The van der Waals surface area contributed by atoms with Gasteiger partial charge in [-0.1, -0.05) is 26.0 Å². The fraction of sp³-hybridized carbons (Fsp3) is 0.385. The largest absolute Gasteiger partial charge is 0.207 e. The van der Waals surface area contributed by atoms with E-state index in [9.17, 15) is 4.39 Å². The van der Waals surface area contributed by atoms with Gasteiger partial charge in [-0.15, -0.1) is 0 Å². The molecule has 0 spiro atoms. The van der Waals surface area contributed by atoms with Gasteiger partial charge in [0.05, 0.1) is 0 Å². The molecule has 0 heterocycles. The summed E-state index contributed by atoms with van der Waals surface area (Å²) in [6.07, 6.45) is 2.06. The summed E-state index contributed by atoms with van der Waals surface area (Å²) >= 11 is 0. The second kappa shape index (κ2) is 4.41. The highest BCUT2D eigenvalue weighted by Crippen LogP contribution is 2.26. The van der Waals surface area contributed by atoms with Gasteiger partial charge in [0.15, 0.2) is 0 Å². The second-order valence-corrected chi connectivity index (χ2v) is 3.86. The van der Waals surface area contributed by atoms with Crippen molar-refractivity contribution in [1.82, 2.24) is 0 Å². The Morgan fingerprint density at radius 3 is 2.50 bits per heavy atom. The van der Waals surface area contributed by atoms with Crippen molar-refractivity contribution in [3.8, 4) is 0 Å². The predicted molar refractivity (Wildman–Crippen MR) is 59.6 cm³/mol. The molecule has 0 unspecified atom stereocenters. The summed E-state index contributed by atoms with van der Waals surface area (Å²) in [5.41, 5.74) is 3.37. The van der Waals surface area contributed by atoms with Crippen molar-refractivity contribution < 1.29 is 4.39 Å². The Balaban J connectivity index is 3.23. The molecule has 1 aromatic rings. The van der Waals surface area contributed by atoms with E-state index >= 15 is 0 Å². The average Bonchev–Trinajstić information content (AvgIpc) is 2.11. The minimum Gasteiger partial charge on any atom is -0.207 e. The highest BCUT2D eigenvalue weighted by Gasteiger charge is 2.08. The molecule has 0 saturated carbocycles. The van der Waals surface area contributed by atoms with Crippen molar-refractivity contribution in [2.75, 3.05) is 0 Å². The first kappa shape index (κ1) is 11.0. The molecule has 1 aromatic carbocycles. The van der Waals surface area contributed by atoms with Crippen LogP contribution < -0.4 is 0 Å². The van der Waals surface area contributed by atoms with Crippen molar-refractivity contribution in [2.24, 2.45) is 5.92 Å². The Morgan fingerprint density at radius 1 is 1.36 bits per heavy atom. The van der Waals surface area contributed by atoms with E-state index < -0.39 is 0 Å². The molecule has 14 heavy (non-hydrogen) atoms. The highest BCUT2D eigenvalue weighted by molar-refractivity contribution is 5.69. The quantitative estimate of drug-likeness (QED) is 0.659. The van der Waals surface area contributed by atoms with Gasteiger partial charge in [0.1, 0.15) is 5.82 Å². The van der Waals surface area contributed by atoms with Crippen LogP contribution in [-0.2, 0) is 0 Å². The van der Waals surface area contributed by atoms with Crippen molar-refractivity contribution >= 4 is 5.57 Å². The van der Waals surface area contributed by atoms with Crippen LogP contribution in [0.15, 0.2) is 24.3 Å². The van der Waals surface area contributed by atoms with Crippen LogP contribution >= 0.6 is 0 Å². The standard InChI is InChI=1S/C13H17F/c1-5-12(9(2)3)13-8-11(14)7-6-10(13)4/h5-9H,1-4H3/b12-5-. The molecule has 0 saturated heterocycles. The number of allylic oxidation sites excluding steroid dienone is 2. The number of rotatable bonds is 2. The molecular weight excluding hydrogens is 175 g/mol. The number of hydrogen-bond acceptors (Lipinski definition) is 0. The smallest absolute Gasteiger partial charge is 0.123 e. The van der Waals surface area contributed by atoms with Crippen LogP contribution in [0.4, 0.5) is 4.39 Å². The molecular formula is C13H17F. The molecule has 0 aromatic heterocycles. The summed E-state index contributed by atoms with van der Waals surface area (Å²) in [7, 11) is 0. The van der Waals surface area contributed by atoms with E-state index in [0.717, 1.165) is 11.1 Å². The van der Waals surface area contributed by atoms with Crippen molar-refractivity contribution in [3.63, 3.8) is 0 Å².